The summed E-state index contributed by atoms with van der Waals surface area (Å²) >= 11 is 0. The number of hydrogen-bond donors (Lipinski definition) is 2. The fourth-order valence-corrected chi connectivity index (χ4v) is 2.98. The van der Waals surface area contributed by atoms with Gasteiger partial charge in [0.25, 0.3) is 0 Å². The molecule has 1 fully saturated rings. The van der Waals surface area contributed by atoms with Gasteiger partial charge in [0.15, 0.2) is 0 Å². The predicted octanol–water partition coefficient (Wildman–Crippen LogP) is 1.83. The fraction of sp³-hybridized carbons (Fsp3) is 0.647. The van der Waals surface area contributed by atoms with Gasteiger partial charge in [0.1, 0.15) is 0 Å². The third-order valence-corrected chi connectivity index (χ3v) is 4.20. The lowest BCUT2D eigenvalue weighted by atomic mass is 9.87. The fourth-order valence-electron chi connectivity index (χ4n) is 2.98. The zero-order valence-corrected chi connectivity index (χ0v) is 12.8. The summed E-state index contributed by atoms with van der Waals surface area (Å²) in [6.07, 6.45) is 1.15. The molecule has 1 saturated heterocycles. The summed E-state index contributed by atoms with van der Waals surface area (Å²) in [5.74, 6) is 0.313. The van der Waals surface area contributed by atoms with Crippen LogP contribution in [0.2, 0.25) is 0 Å². The molecule has 2 unspecified atom stereocenters. The molecular weight excluding hydrogens is 266 g/mol. The average Bonchev–Trinajstić information content (AvgIpc) is 2.54. The lowest BCUT2D eigenvalue weighted by Gasteiger charge is -2.35. The van der Waals surface area contributed by atoms with Crippen LogP contribution in [0.3, 0.4) is 0 Å². The van der Waals surface area contributed by atoms with Crippen LogP contribution in [0, 0.1) is 5.92 Å². The molecule has 2 rings (SSSR count). The van der Waals surface area contributed by atoms with Gasteiger partial charge in [0.2, 0.25) is 0 Å². The van der Waals surface area contributed by atoms with Gasteiger partial charge in [-0.3, -0.25) is 0 Å². The summed E-state index contributed by atoms with van der Waals surface area (Å²) < 4.78 is 5.24. The van der Waals surface area contributed by atoms with Crippen LogP contribution < -0.4 is 0 Å². The summed E-state index contributed by atoms with van der Waals surface area (Å²) in [5, 5.41) is 20.3. The summed E-state index contributed by atoms with van der Waals surface area (Å²) in [4.78, 5) is 2.26. The highest BCUT2D eigenvalue weighted by molar-refractivity contribution is 5.18. The van der Waals surface area contributed by atoms with Crippen LogP contribution in [0.5, 0.6) is 0 Å². The van der Waals surface area contributed by atoms with Gasteiger partial charge in [0.05, 0.1) is 18.8 Å². The molecule has 118 valence electrons. The monoisotopic (exact) mass is 293 g/mol. The molecule has 0 radical (unpaired) electrons. The predicted molar refractivity (Wildman–Crippen MR) is 83.1 cm³/mol. The second-order valence-corrected chi connectivity index (χ2v) is 5.81. The van der Waals surface area contributed by atoms with E-state index in [9.17, 15) is 10.2 Å². The second-order valence-electron chi connectivity index (χ2n) is 5.81. The summed E-state index contributed by atoms with van der Waals surface area (Å²) in [5.41, 5.74) is 1.01. The molecule has 1 aliphatic rings. The zero-order chi connectivity index (χ0) is 15.1. The standard InChI is InChI=1S/C17H27NO3/c1-2-21-13-16(19)12-18-10-8-15(9-11-18)17(20)14-6-4-3-5-7-14/h3-7,15-17,19-20H,2,8-13H2,1H3. The van der Waals surface area contributed by atoms with E-state index in [1.165, 1.54) is 0 Å². The van der Waals surface area contributed by atoms with Crippen molar-refractivity contribution in [2.75, 3.05) is 32.8 Å². The second kappa shape index (κ2) is 8.49. The van der Waals surface area contributed by atoms with Crippen molar-refractivity contribution in [2.45, 2.75) is 32.0 Å². The number of likely N-dealkylation sites (tertiary alicyclic amines) is 1. The SMILES string of the molecule is CCOCC(O)CN1CCC(C(O)c2ccccc2)CC1. The van der Waals surface area contributed by atoms with Crippen LogP contribution >= 0.6 is 0 Å². The molecule has 0 amide bonds. The molecule has 21 heavy (non-hydrogen) atoms. The van der Waals surface area contributed by atoms with Crippen molar-refractivity contribution in [3.63, 3.8) is 0 Å². The van der Waals surface area contributed by atoms with Crippen LogP contribution in [-0.4, -0.2) is 54.1 Å². The van der Waals surface area contributed by atoms with Crippen molar-refractivity contribution in [3.05, 3.63) is 35.9 Å². The molecule has 1 aromatic rings. The van der Waals surface area contributed by atoms with E-state index in [0.29, 0.717) is 25.7 Å². The molecule has 0 aromatic heterocycles. The van der Waals surface area contributed by atoms with E-state index in [1.807, 2.05) is 37.3 Å². The van der Waals surface area contributed by atoms with Crippen molar-refractivity contribution in [1.82, 2.24) is 4.90 Å². The van der Waals surface area contributed by atoms with Crippen molar-refractivity contribution < 1.29 is 14.9 Å². The molecule has 2 atom stereocenters. The third kappa shape index (κ3) is 5.08. The third-order valence-electron chi connectivity index (χ3n) is 4.20. The number of rotatable bonds is 7. The molecule has 1 aliphatic heterocycles. The van der Waals surface area contributed by atoms with E-state index in [4.69, 9.17) is 4.74 Å². The summed E-state index contributed by atoms with van der Waals surface area (Å²) in [7, 11) is 0. The van der Waals surface area contributed by atoms with Crippen LogP contribution in [0.25, 0.3) is 0 Å². The molecule has 2 N–H and O–H groups in total. The highest BCUT2D eigenvalue weighted by Crippen LogP contribution is 2.30. The quantitative estimate of drug-likeness (QED) is 0.805. The lowest BCUT2D eigenvalue weighted by Crippen LogP contribution is -2.41. The highest BCUT2D eigenvalue weighted by Gasteiger charge is 2.26. The molecule has 4 nitrogen and oxygen atoms in total. The Hall–Kier alpha value is -0.940. The first kappa shape index (κ1) is 16.4. The molecular formula is C17H27NO3. The van der Waals surface area contributed by atoms with Gasteiger partial charge in [-0.2, -0.15) is 0 Å². The summed E-state index contributed by atoms with van der Waals surface area (Å²) in [6.45, 7) is 5.50. The Balaban J connectivity index is 1.75. The maximum Gasteiger partial charge on any atom is 0.0900 e. The van der Waals surface area contributed by atoms with Crippen LogP contribution in [-0.2, 0) is 4.74 Å². The van der Waals surface area contributed by atoms with Gasteiger partial charge in [-0.1, -0.05) is 30.3 Å². The maximum atomic E-state index is 10.4. The average molecular weight is 293 g/mol. The van der Waals surface area contributed by atoms with Crippen molar-refractivity contribution in [3.8, 4) is 0 Å². The Kier molecular flexibility index (Phi) is 6.64. The molecule has 0 bridgehead atoms. The minimum atomic E-state index is -0.416. The molecule has 0 spiro atoms. The van der Waals surface area contributed by atoms with Crippen molar-refractivity contribution in [1.29, 1.82) is 0 Å². The zero-order valence-electron chi connectivity index (χ0n) is 12.8. The highest BCUT2D eigenvalue weighted by atomic mass is 16.5. The van der Waals surface area contributed by atoms with Gasteiger partial charge in [0, 0.05) is 13.2 Å². The number of piperidine rings is 1. The van der Waals surface area contributed by atoms with Crippen LogP contribution in [0.15, 0.2) is 30.3 Å². The van der Waals surface area contributed by atoms with Gasteiger partial charge < -0.3 is 19.8 Å². The topological polar surface area (TPSA) is 52.9 Å². The van der Waals surface area contributed by atoms with E-state index in [0.717, 1.165) is 31.5 Å². The van der Waals surface area contributed by atoms with E-state index in [2.05, 4.69) is 4.90 Å². The number of hydrogen-bond acceptors (Lipinski definition) is 4. The Morgan fingerprint density at radius 3 is 2.48 bits per heavy atom. The molecule has 1 heterocycles. The number of benzene rings is 1. The van der Waals surface area contributed by atoms with Crippen molar-refractivity contribution >= 4 is 0 Å². The Labute approximate surface area is 127 Å². The summed E-state index contributed by atoms with van der Waals surface area (Å²) in [6, 6.07) is 9.89. The number of nitrogens with zero attached hydrogens (tertiary/aromatic N) is 1. The molecule has 4 heteroatoms. The number of ether oxygens (including phenoxy) is 1. The first-order valence-electron chi connectivity index (χ1n) is 7.92. The Morgan fingerprint density at radius 1 is 1.19 bits per heavy atom. The lowest BCUT2D eigenvalue weighted by molar-refractivity contribution is 0.00418. The van der Waals surface area contributed by atoms with E-state index in [-0.39, 0.29) is 6.10 Å². The number of aliphatic hydroxyl groups excluding tert-OH is 2. The number of aliphatic hydroxyl groups is 2. The first-order chi connectivity index (χ1) is 10.2. The minimum absolute atomic E-state index is 0.313. The Bertz CT molecular complexity index is 390. The van der Waals surface area contributed by atoms with Crippen molar-refractivity contribution in [2.24, 2.45) is 5.92 Å². The van der Waals surface area contributed by atoms with Gasteiger partial charge in [-0.05, 0) is 44.3 Å². The molecule has 0 saturated carbocycles. The van der Waals surface area contributed by atoms with Gasteiger partial charge in [-0.25, -0.2) is 0 Å². The largest absolute Gasteiger partial charge is 0.389 e. The van der Waals surface area contributed by atoms with E-state index >= 15 is 0 Å². The van der Waals surface area contributed by atoms with Gasteiger partial charge >= 0.3 is 0 Å². The maximum absolute atomic E-state index is 10.4. The Morgan fingerprint density at radius 2 is 1.86 bits per heavy atom. The minimum Gasteiger partial charge on any atom is -0.389 e. The molecule has 0 aliphatic carbocycles. The number of β-amino-alcohol motifs (C(OH)–C–C–N with tert-alkyl or cyclic N) is 1. The van der Waals surface area contributed by atoms with Crippen LogP contribution in [0.1, 0.15) is 31.4 Å². The first-order valence-corrected chi connectivity index (χ1v) is 7.92. The van der Waals surface area contributed by atoms with Crippen LogP contribution in [0.4, 0.5) is 0 Å². The smallest absolute Gasteiger partial charge is 0.0900 e. The normalized spacial score (nSPS) is 20.3. The van der Waals surface area contributed by atoms with E-state index < -0.39 is 6.10 Å². The van der Waals surface area contributed by atoms with Gasteiger partial charge in [-0.15, -0.1) is 0 Å². The van der Waals surface area contributed by atoms with E-state index in [1.54, 1.807) is 0 Å². The molecule has 1 aromatic carbocycles.